The number of hydrogen-bond donors (Lipinski definition) is 1. The number of hydrogen-bond acceptors (Lipinski definition) is 5. The first-order valence-electron chi connectivity index (χ1n) is 8.22. The van der Waals surface area contributed by atoms with Gasteiger partial charge in [-0.25, -0.2) is 4.79 Å². The van der Waals surface area contributed by atoms with Crippen LogP contribution in [-0.2, 0) is 11.3 Å². The van der Waals surface area contributed by atoms with Crippen LogP contribution in [0.5, 0.6) is 0 Å². The van der Waals surface area contributed by atoms with E-state index in [-0.39, 0.29) is 17.7 Å². The van der Waals surface area contributed by atoms with Gasteiger partial charge in [0.2, 0.25) is 0 Å². The molecular weight excluding hydrogens is 322 g/mol. The van der Waals surface area contributed by atoms with Crippen molar-refractivity contribution in [3.8, 4) is 0 Å². The lowest BCUT2D eigenvalue weighted by Gasteiger charge is -2.40. The quantitative estimate of drug-likeness (QED) is 0.892. The Balaban J connectivity index is 1.68. The summed E-state index contributed by atoms with van der Waals surface area (Å²) in [5.41, 5.74) is 1.07. The standard InChI is InChI=1S/C18H21N3O4/c1-20(12-13-4-2-7-19-11-13)14-6-8-21(15(10-14)18(23)24)17(22)16-5-3-9-25-16/h2-5,7,9,11,14-15H,6,8,10,12H2,1H3,(H,23,24)/t14-,15-/m1/s1. The Bertz CT molecular complexity index is 717. The van der Waals surface area contributed by atoms with Gasteiger partial charge in [0.15, 0.2) is 5.76 Å². The lowest BCUT2D eigenvalue weighted by Crippen LogP contribution is -2.54. The molecule has 0 bridgehead atoms. The van der Waals surface area contributed by atoms with Gasteiger partial charge >= 0.3 is 5.97 Å². The van der Waals surface area contributed by atoms with Crippen LogP contribution in [0, 0.1) is 0 Å². The number of carboxylic acid groups (broad SMARTS) is 1. The van der Waals surface area contributed by atoms with Crippen LogP contribution in [0.3, 0.4) is 0 Å². The summed E-state index contributed by atoms with van der Waals surface area (Å²) in [5, 5.41) is 9.59. The second kappa shape index (κ2) is 7.48. The van der Waals surface area contributed by atoms with E-state index in [1.807, 2.05) is 19.2 Å². The molecule has 2 atom stereocenters. The van der Waals surface area contributed by atoms with Crippen LogP contribution in [0.2, 0.25) is 0 Å². The highest BCUT2D eigenvalue weighted by Crippen LogP contribution is 2.24. The van der Waals surface area contributed by atoms with Crippen LogP contribution in [0.1, 0.15) is 29.0 Å². The lowest BCUT2D eigenvalue weighted by atomic mass is 9.95. The van der Waals surface area contributed by atoms with Crippen molar-refractivity contribution in [3.05, 3.63) is 54.2 Å². The van der Waals surface area contributed by atoms with Gasteiger partial charge in [-0.3, -0.25) is 14.7 Å². The highest BCUT2D eigenvalue weighted by Gasteiger charge is 2.38. The third-order valence-corrected chi connectivity index (χ3v) is 4.63. The number of likely N-dealkylation sites (tertiary alicyclic amines) is 1. The molecule has 2 aromatic rings. The van der Waals surface area contributed by atoms with Crippen LogP contribution in [-0.4, -0.2) is 57.4 Å². The average molecular weight is 343 g/mol. The fourth-order valence-electron chi connectivity index (χ4n) is 3.27. The number of carboxylic acids is 1. The Morgan fingerprint density at radius 3 is 2.88 bits per heavy atom. The predicted molar refractivity (Wildman–Crippen MR) is 89.9 cm³/mol. The summed E-state index contributed by atoms with van der Waals surface area (Å²) in [6.45, 7) is 1.08. The van der Waals surface area contributed by atoms with E-state index in [4.69, 9.17) is 4.42 Å². The van der Waals surface area contributed by atoms with E-state index in [0.717, 1.165) is 5.56 Å². The first-order valence-corrected chi connectivity index (χ1v) is 8.22. The molecule has 0 unspecified atom stereocenters. The third-order valence-electron chi connectivity index (χ3n) is 4.63. The average Bonchev–Trinajstić information content (AvgIpc) is 3.16. The SMILES string of the molecule is CN(Cc1cccnc1)[C@@H]1CCN(C(=O)c2ccco2)[C@@H](C(=O)O)C1. The highest BCUT2D eigenvalue weighted by atomic mass is 16.4. The summed E-state index contributed by atoms with van der Waals surface area (Å²) in [6, 6.07) is 6.29. The molecule has 1 aliphatic heterocycles. The van der Waals surface area contributed by atoms with Gasteiger partial charge in [0.1, 0.15) is 6.04 Å². The molecule has 0 aromatic carbocycles. The van der Waals surface area contributed by atoms with Crippen LogP contribution in [0.15, 0.2) is 47.3 Å². The first kappa shape index (κ1) is 17.2. The van der Waals surface area contributed by atoms with Crippen molar-refractivity contribution in [2.45, 2.75) is 31.5 Å². The first-order chi connectivity index (χ1) is 12.1. The van der Waals surface area contributed by atoms with E-state index in [1.165, 1.54) is 11.2 Å². The molecule has 7 heteroatoms. The fraction of sp³-hybridized carbons (Fsp3) is 0.389. The molecule has 1 fully saturated rings. The monoisotopic (exact) mass is 343 g/mol. The zero-order chi connectivity index (χ0) is 17.8. The Morgan fingerprint density at radius 2 is 2.24 bits per heavy atom. The number of aromatic nitrogens is 1. The van der Waals surface area contributed by atoms with Gasteiger partial charge in [-0.05, 0) is 43.7 Å². The zero-order valence-electron chi connectivity index (χ0n) is 14.0. The van der Waals surface area contributed by atoms with Gasteiger partial charge in [0.05, 0.1) is 6.26 Å². The summed E-state index contributed by atoms with van der Waals surface area (Å²) in [6.07, 6.45) is 6.05. The minimum absolute atomic E-state index is 0.0851. The smallest absolute Gasteiger partial charge is 0.326 e. The number of rotatable bonds is 5. The minimum atomic E-state index is -0.987. The van der Waals surface area contributed by atoms with Crippen LogP contribution >= 0.6 is 0 Å². The molecule has 0 spiro atoms. The molecule has 0 saturated carbocycles. The molecule has 1 N–H and O–H groups in total. The van der Waals surface area contributed by atoms with Crippen molar-refractivity contribution in [2.24, 2.45) is 0 Å². The van der Waals surface area contributed by atoms with Crippen molar-refractivity contribution in [1.82, 2.24) is 14.8 Å². The second-order valence-electron chi connectivity index (χ2n) is 6.28. The molecule has 2 aromatic heterocycles. The molecule has 1 saturated heterocycles. The number of amides is 1. The molecule has 7 nitrogen and oxygen atoms in total. The molecular formula is C18H21N3O4. The van der Waals surface area contributed by atoms with Crippen molar-refractivity contribution >= 4 is 11.9 Å². The van der Waals surface area contributed by atoms with Gasteiger partial charge < -0.3 is 14.4 Å². The molecule has 25 heavy (non-hydrogen) atoms. The van der Waals surface area contributed by atoms with Crippen molar-refractivity contribution in [2.75, 3.05) is 13.6 Å². The zero-order valence-corrected chi connectivity index (χ0v) is 14.0. The summed E-state index contributed by atoms with van der Waals surface area (Å²) in [4.78, 5) is 31.8. The Hall–Kier alpha value is -2.67. The maximum atomic E-state index is 12.5. The number of aliphatic carboxylic acids is 1. The molecule has 1 aliphatic rings. The van der Waals surface area contributed by atoms with E-state index in [0.29, 0.717) is 25.9 Å². The van der Waals surface area contributed by atoms with Gasteiger partial charge in [0, 0.05) is 31.5 Å². The summed E-state index contributed by atoms with van der Waals surface area (Å²) in [5.74, 6) is -1.18. The van der Waals surface area contributed by atoms with E-state index in [2.05, 4.69) is 9.88 Å². The van der Waals surface area contributed by atoms with E-state index in [9.17, 15) is 14.7 Å². The van der Waals surface area contributed by atoms with Gasteiger partial charge in [-0.2, -0.15) is 0 Å². The maximum absolute atomic E-state index is 12.5. The number of pyridine rings is 1. The summed E-state index contributed by atoms with van der Waals surface area (Å²) in [7, 11) is 1.97. The third kappa shape index (κ3) is 3.88. The van der Waals surface area contributed by atoms with E-state index < -0.39 is 12.0 Å². The Labute approximate surface area is 145 Å². The topological polar surface area (TPSA) is 86.9 Å². The van der Waals surface area contributed by atoms with Gasteiger partial charge in [-0.15, -0.1) is 0 Å². The Morgan fingerprint density at radius 1 is 1.40 bits per heavy atom. The highest BCUT2D eigenvalue weighted by molar-refractivity contribution is 5.94. The number of piperidine rings is 1. The molecule has 0 radical (unpaired) electrons. The van der Waals surface area contributed by atoms with E-state index >= 15 is 0 Å². The second-order valence-corrected chi connectivity index (χ2v) is 6.28. The molecule has 1 amide bonds. The van der Waals surface area contributed by atoms with Crippen LogP contribution < -0.4 is 0 Å². The predicted octanol–water partition coefficient (Wildman–Crippen LogP) is 1.86. The van der Waals surface area contributed by atoms with Crippen molar-refractivity contribution < 1.29 is 19.1 Å². The molecule has 3 heterocycles. The van der Waals surface area contributed by atoms with Crippen molar-refractivity contribution in [3.63, 3.8) is 0 Å². The largest absolute Gasteiger partial charge is 0.480 e. The minimum Gasteiger partial charge on any atom is -0.480 e. The van der Waals surface area contributed by atoms with Gasteiger partial charge in [-0.1, -0.05) is 6.07 Å². The molecule has 132 valence electrons. The van der Waals surface area contributed by atoms with Crippen LogP contribution in [0.4, 0.5) is 0 Å². The fourth-order valence-corrected chi connectivity index (χ4v) is 3.27. The normalized spacial score (nSPS) is 20.6. The van der Waals surface area contributed by atoms with Gasteiger partial charge in [0.25, 0.3) is 5.91 Å². The maximum Gasteiger partial charge on any atom is 0.326 e. The van der Waals surface area contributed by atoms with Crippen molar-refractivity contribution in [1.29, 1.82) is 0 Å². The number of carbonyl (C=O) groups excluding carboxylic acids is 1. The molecule has 0 aliphatic carbocycles. The Kier molecular flexibility index (Phi) is 5.14. The number of furan rings is 1. The summed E-state index contributed by atoms with van der Waals surface area (Å²) >= 11 is 0. The number of carbonyl (C=O) groups is 2. The molecule has 3 rings (SSSR count). The van der Waals surface area contributed by atoms with Crippen LogP contribution in [0.25, 0.3) is 0 Å². The number of nitrogens with zero attached hydrogens (tertiary/aromatic N) is 3. The van der Waals surface area contributed by atoms with E-state index in [1.54, 1.807) is 24.5 Å². The lowest BCUT2D eigenvalue weighted by molar-refractivity contribution is -0.144. The summed E-state index contributed by atoms with van der Waals surface area (Å²) < 4.78 is 5.13.